The van der Waals surface area contributed by atoms with Gasteiger partial charge in [-0.2, -0.15) is 0 Å². The van der Waals surface area contributed by atoms with Crippen LogP contribution < -0.4 is 5.73 Å². The lowest BCUT2D eigenvalue weighted by molar-refractivity contribution is 0.230. The summed E-state index contributed by atoms with van der Waals surface area (Å²) in [5.41, 5.74) is 7.30. The third-order valence-corrected chi connectivity index (χ3v) is 2.61. The molecule has 0 saturated heterocycles. The van der Waals surface area contributed by atoms with E-state index in [9.17, 15) is 0 Å². The molecule has 78 valence electrons. The van der Waals surface area contributed by atoms with E-state index >= 15 is 0 Å². The first-order valence-corrected chi connectivity index (χ1v) is 5.17. The fraction of sp³-hybridized carbons (Fsp3) is 0.500. The number of hydrogen-bond donors (Lipinski definition) is 1. The van der Waals surface area contributed by atoms with E-state index in [1.807, 2.05) is 6.07 Å². The third-order valence-electron chi connectivity index (χ3n) is 2.61. The Morgan fingerprint density at radius 3 is 2.29 bits per heavy atom. The number of nitrogens with zero attached hydrogens (tertiary/aromatic N) is 1. The molecule has 1 aromatic carbocycles. The lowest BCUT2D eigenvalue weighted by atomic mass is 10.00. The molecule has 0 aliphatic heterocycles. The summed E-state index contributed by atoms with van der Waals surface area (Å²) in [4.78, 5) is 2.28. The van der Waals surface area contributed by atoms with Crippen LogP contribution in [0.25, 0.3) is 0 Å². The van der Waals surface area contributed by atoms with Gasteiger partial charge in [0.05, 0.1) is 0 Å². The first-order chi connectivity index (χ1) is 6.66. The zero-order chi connectivity index (χ0) is 10.6. The Morgan fingerprint density at radius 1 is 1.29 bits per heavy atom. The lowest BCUT2D eigenvalue weighted by Gasteiger charge is -2.30. The van der Waals surface area contributed by atoms with Crippen LogP contribution in [-0.2, 0) is 0 Å². The van der Waals surface area contributed by atoms with E-state index in [1.165, 1.54) is 5.56 Å². The predicted octanol–water partition coefficient (Wildman–Crippen LogP) is 2.03. The van der Waals surface area contributed by atoms with Gasteiger partial charge in [-0.05, 0) is 26.1 Å². The van der Waals surface area contributed by atoms with Crippen molar-refractivity contribution in [1.82, 2.24) is 4.90 Å². The van der Waals surface area contributed by atoms with Crippen molar-refractivity contribution in [2.75, 3.05) is 13.6 Å². The second kappa shape index (κ2) is 5.13. The summed E-state index contributed by atoms with van der Waals surface area (Å²) in [5, 5.41) is 0. The summed E-state index contributed by atoms with van der Waals surface area (Å²) in [5.74, 6) is 0. The SMILES string of the molecule is CCN(C)C(c1ccccc1)C(C)N. The Bertz CT molecular complexity index is 256. The summed E-state index contributed by atoms with van der Waals surface area (Å²) < 4.78 is 0. The zero-order valence-corrected chi connectivity index (χ0v) is 9.27. The fourth-order valence-electron chi connectivity index (χ4n) is 1.81. The number of benzene rings is 1. The van der Waals surface area contributed by atoms with Crippen LogP contribution in [0.15, 0.2) is 30.3 Å². The van der Waals surface area contributed by atoms with Crippen LogP contribution in [0.4, 0.5) is 0 Å². The molecule has 0 bridgehead atoms. The molecule has 0 fully saturated rings. The third kappa shape index (κ3) is 2.56. The molecule has 14 heavy (non-hydrogen) atoms. The molecule has 2 unspecified atom stereocenters. The number of nitrogens with two attached hydrogens (primary N) is 1. The minimum atomic E-state index is 0.155. The average molecular weight is 192 g/mol. The van der Waals surface area contributed by atoms with Gasteiger partial charge < -0.3 is 5.73 Å². The number of likely N-dealkylation sites (N-methyl/N-ethyl adjacent to an activating group) is 1. The molecule has 2 nitrogen and oxygen atoms in total. The topological polar surface area (TPSA) is 29.3 Å². The van der Waals surface area contributed by atoms with Crippen molar-refractivity contribution in [1.29, 1.82) is 0 Å². The molecule has 1 rings (SSSR count). The van der Waals surface area contributed by atoms with Crippen molar-refractivity contribution in [3.05, 3.63) is 35.9 Å². The van der Waals surface area contributed by atoms with E-state index < -0.39 is 0 Å². The van der Waals surface area contributed by atoms with Crippen LogP contribution >= 0.6 is 0 Å². The normalized spacial score (nSPS) is 15.5. The van der Waals surface area contributed by atoms with Crippen molar-refractivity contribution < 1.29 is 0 Å². The van der Waals surface area contributed by atoms with Crippen molar-refractivity contribution in [2.24, 2.45) is 5.73 Å². The maximum atomic E-state index is 6.00. The van der Waals surface area contributed by atoms with Crippen LogP contribution in [0.2, 0.25) is 0 Å². The second-order valence-electron chi connectivity index (χ2n) is 3.79. The summed E-state index contributed by atoms with van der Waals surface area (Å²) in [6.07, 6.45) is 0. The average Bonchev–Trinajstić information content (AvgIpc) is 2.19. The fourth-order valence-corrected chi connectivity index (χ4v) is 1.81. The number of hydrogen-bond acceptors (Lipinski definition) is 2. The van der Waals surface area contributed by atoms with Crippen LogP contribution in [0.3, 0.4) is 0 Å². The highest BCUT2D eigenvalue weighted by Gasteiger charge is 2.19. The van der Waals surface area contributed by atoms with E-state index in [1.54, 1.807) is 0 Å². The summed E-state index contributed by atoms with van der Waals surface area (Å²) in [6, 6.07) is 10.9. The van der Waals surface area contributed by atoms with Crippen LogP contribution in [0.1, 0.15) is 25.5 Å². The van der Waals surface area contributed by atoms with Crippen molar-refractivity contribution in [2.45, 2.75) is 25.9 Å². The molecule has 0 heterocycles. The molecule has 0 aliphatic rings. The van der Waals surface area contributed by atoms with Crippen LogP contribution in [0, 0.1) is 0 Å². The highest BCUT2D eigenvalue weighted by Crippen LogP contribution is 2.21. The predicted molar refractivity (Wildman–Crippen MR) is 61.1 cm³/mol. The quantitative estimate of drug-likeness (QED) is 0.791. The molecule has 2 atom stereocenters. The van der Waals surface area contributed by atoms with E-state index in [0.717, 1.165) is 6.54 Å². The van der Waals surface area contributed by atoms with Gasteiger partial charge in [0.25, 0.3) is 0 Å². The lowest BCUT2D eigenvalue weighted by Crippen LogP contribution is -2.37. The first-order valence-electron chi connectivity index (χ1n) is 5.17. The second-order valence-corrected chi connectivity index (χ2v) is 3.79. The molecule has 2 N–H and O–H groups in total. The molecule has 0 radical (unpaired) electrons. The van der Waals surface area contributed by atoms with E-state index in [-0.39, 0.29) is 6.04 Å². The molecule has 2 heteroatoms. The number of rotatable bonds is 4. The Morgan fingerprint density at radius 2 is 1.86 bits per heavy atom. The van der Waals surface area contributed by atoms with E-state index in [0.29, 0.717) is 6.04 Å². The standard InChI is InChI=1S/C12H20N2/c1-4-14(3)12(10(2)13)11-8-6-5-7-9-11/h5-10,12H,4,13H2,1-3H3. The molecule has 1 aromatic rings. The maximum Gasteiger partial charge on any atom is 0.0493 e. The monoisotopic (exact) mass is 192 g/mol. The van der Waals surface area contributed by atoms with Gasteiger partial charge in [0.1, 0.15) is 0 Å². The van der Waals surface area contributed by atoms with Gasteiger partial charge in [-0.25, -0.2) is 0 Å². The van der Waals surface area contributed by atoms with Gasteiger partial charge in [-0.15, -0.1) is 0 Å². The molecular weight excluding hydrogens is 172 g/mol. The van der Waals surface area contributed by atoms with Crippen molar-refractivity contribution in [3.8, 4) is 0 Å². The van der Waals surface area contributed by atoms with Gasteiger partial charge in [-0.3, -0.25) is 4.90 Å². The summed E-state index contributed by atoms with van der Waals surface area (Å²) >= 11 is 0. The van der Waals surface area contributed by atoms with Crippen LogP contribution in [-0.4, -0.2) is 24.5 Å². The maximum absolute atomic E-state index is 6.00. The zero-order valence-electron chi connectivity index (χ0n) is 9.27. The molecule has 0 aromatic heterocycles. The Balaban J connectivity index is 2.89. The molecule has 0 amide bonds. The summed E-state index contributed by atoms with van der Waals surface area (Å²) in [6.45, 7) is 5.23. The van der Waals surface area contributed by atoms with Gasteiger partial charge in [0, 0.05) is 12.1 Å². The van der Waals surface area contributed by atoms with E-state index in [4.69, 9.17) is 5.73 Å². The summed E-state index contributed by atoms with van der Waals surface area (Å²) in [7, 11) is 2.11. The smallest absolute Gasteiger partial charge is 0.0493 e. The van der Waals surface area contributed by atoms with Crippen LogP contribution in [0.5, 0.6) is 0 Å². The van der Waals surface area contributed by atoms with Gasteiger partial charge in [-0.1, -0.05) is 37.3 Å². The molecule has 0 saturated carbocycles. The first kappa shape index (κ1) is 11.2. The molecular formula is C12H20N2. The molecule has 0 spiro atoms. The highest BCUT2D eigenvalue weighted by atomic mass is 15.1. The van der Waals surface area contributed by atoms with E-state index in [2.05, 4.69) is 50.1 Å². The largest absolute Gasteiger partial charge is 0.326 e. The van der Waals surface area contributed by atoms with Gasteiger partial charge in [0.2, 0.25) is 0 Å². The Labute approximate surface area is 86.7 Å². The Hall–Kier alpha value is -0.860. The highest BCUT2D eigenvalue weighted by molar-refractivity contribution is 5.20. The van der Waals surface area contributed by atoms with Gasteiger partial charge in [0.15, 0.2) is 0 Å². The molecule has 0 aliphatic carbocycles. The minimum Gasteiger partial charge on any atom is -0.326 e. The Kier molecular flexibility index (Phi) is 4.11. The van der Waals surface area contributed by atoms with Gasteiger partial charge >= 0.3 is 0 Å². The van der Waals surface area contributed by atoms with Crippen molar-refractivity contribution in [3.63, 3.8) is 0 Å². The minimum absolute atomic E-state index is 0.155. The van der Waals surface area contributed by atoms with Crippen molar-refractivity contribution >= 4 is 0 Å².